The van der Waals surface area contributed by atoms with Crippen LogP contribution in [0.3, 0.4) is 0 Å². The van der Waals surface area contributed by atoms with Gasteiger partial charge < -0.3 is 19.1 Å². The molecule has 0 bridgehead atoms. The van der Waals surface area contributed by atoms with Gasteiger partial charge in [-0.25, -0.2) is 4.98 Å². The lowest BCUT2D eigenvalue weighted by Gasteiger charge is -2.36. The molecule has 1 unspecified atom stereocenters. The summed E-state index contributed by atoms with van der Waals surface area (Å²) < 4.78 is 53.2. The second-order valence-electron chi connectivity index (χ2n) is 9.05. The van der Waals surface area contributed by atoms with Crippen molar-refractivity contribution in [3.8, 4) is 33.8 Å². The van der Waals surface area contributed by atoms with Crippen molar-refractivity contribution in [1.29, 1.82) is 0 Å². The molecular formula is C28H26F3N3O3. The minimum absolute atomic E-state index is 0.137. The number of nitrogens with zero attached hydrogens (tertiary/aromatic N) is 3. The predicted molar refractivity (Wildman–Crippen MR) is 136 cm³/mol. The number of pyridine rings is 2. The zero-order chi connectivity index (χ0) is 26.2. The van der Waals surface area contributed by atoms with Gasteiger partial charge in [0.15, 0.2) is 0 Å². The molecular weight excluding hydrogens is 483 g/mol. The summed E-state index contributed by atoms with van der Waals surface area (Å²) >= 11 is 0. The van der Waals surface area contributed by atoms with Crippen LogP contribution in [0.2, 0.25) is 0 Å². The Morgan fingerprint density at radius 2 is 1.57 bits per heavy atom. The molecule has 0 amide bonds. The number of para-hydroxylation sites is 1. The lowest BCUT2D eigenvalue weighted by molar-refractivity contribution is -0.274. The van der Waals surface area contributed by atoms with Crippen molar-refractivity contribution in [3.05, 3.63) is 67.0 Å². The number of rotatable bonds is 5. The van der Waals surface area contributed by atoms with E-state index in [0.717, 1.165) is 41.0 Å². The summed E-state index contributed by atoms with van der Waals surface area (Å²) in [5, 5.41) is 0.785. The fraction of sp³-hybridized carbons (Fsp3) is 0.286. The minimum Gasteiger partial charge on any atom is -0.495 e. The van der Waals surface area contributed by atoms with Gasteiger partial charge in [0.05, 0.1) is 24.8 Å². The number of hydrogen-bond acceptors (Lipinski definition) is 6. The third-order valence-electron chi connectivity index (χ3n) is 6.25. The Morgan fingerprint density at radius 3 is 2.19 bits per heavy atom. The first-order valence-electron chi connectivity index (χ1n) is 11.9. The van der Waals surface area contributed by atoms with E-state index in [1.54, 1.807) is 25.4 Å². The highest BCUT2D eigenvalue weighted by Gasteiger charge is 2.31. The number of ether oxygens (including phenoxy) is 3. The Morgan fingerprint density at radius 1 is 0.865 bits per heavy atom. The maximum absolute atomic E-state index is 12.5. The maximum atomic E-state index is 12.5. The number of fused-ring (bicyclic) bond motifs is 1. The highest BCUT2D eigenvalue weighted by atomic mass is 19.4. The molecule has 1 saturated heterocycles. The van der Waals surface area contributed by atoms with Crippen LogP contribution >= 0.6 is 0 Å². The summed E-state index contributed by atoms with van der Waals surface area (Å²) in [5.41, 5.74) is 3.81. The summed E-state index contributed by atoms with van der Waals surface area (Å²) in [6, 6.07) is 15.4. The van der Waals surface area contributed by atoms with Crippen LogP contribution in [0.4, 0.5) is 19.0 Å². The fourth-order valence-electron chi connectivity index (χ4n) is 4.79. The van der Waals surface area contributed by atoms with Crippen LogP contribution in [0.15, 0.2) is 67.0 Å². The Hall–Kier alpha value is -3.85. The molecule has 0 radical (unpaired) electrons. The van der Waals surface area contributed by atoms with Gasteiger partial charge in [-0.2, -0.15) is 0 Å². The van der Waals surface area contributed by atoms with Gasteiger partial charge in [-0.1, -0.05) is 24.3 Å². The smallest absolute Gasteiger partial charge is 0.495 e. The van der Waals surface area contributed by atoms with Gasteiger partial charge in [-0.05, 0) is 49.7 Å². The molecule has 2 atom stereocenters. The summed E-state index contributed by atoms with van der Waals surface area (Å²) in [7, 11) is 1.60. The van der Waals surface area contributed by atoms with Gasteiger partial charge in [-0.15, -0.1) is 13.2 Å². The van der Waals surface area contributed by atoms with Gasteiger partial charge in [0.25, 0.3) is 0 Å². The zero-order valence-corrected chi connectivity index (χ0v) is 20.6. The van der Waals surface area contributed by atoms with Gasteiger partial charge in [0.2, 0.25) is 0 Å². The molecule has 5 rings (SSSR count). The number of methoxy groups -OCH3 is 1. The highest BCUT2D eigenvalue weighted by Crippen LogP contribution is 2.39. The first-order valence-corrected chi connectivity index (χ1v) is 11.9. The normalized spacial score (nSPS) is 18.2. The average Bonchev–Trinajstić information content (AvgIpc) is 2.87. The van der Waals surface area contributed by atoms with Crippen LogP contribution in [-0.4, -0.2) is 48.7 Å². The molecule has 192 valence electrons. The number of aromatic nitrogens is 2. The van der Waals surface area contributed by atoms with E-state index in [4.69, 9.17) is 19.4 Å². The van der Waals surface area contributed by atoms with Crippen molar-refractivity contribution in [3.63, 3.8) is 0 Å². The lowest BCUT2D eigenvalue weighted by atomic mass is 9.99. The summed E-state index contributed by atoms with van der Waals surface area (Å²) in [6.45, 7) is 5.68. The van der Waals surface area contributed by atoms with Crippen LogP contribution in [-0.2, 0) is 4.74 Å². The SMILES string of the molecule is COc1c(-c2ccc(N3CC(C)O[C@@H](C)C3)nc2)cnc2c(-c3ccc(OC(F)(F)F)cc3)cccc12. The number of alkyl halides is 3. The van der Waals surface area contributed by atoms with E-state index < -0.39 is 6.36 Å². The molecule has 6 nitrogen and oxygen atoms in total. The summed E-state index contributed by atoms with van der Waals surface area (Å²) in [4.78, 5) is 11.6. The van der Waals surface area contributed by atoms with Crippen molar-refractivity contribution < 1.29 is 27.4 Å². The Kier molecular flexibility index (Phi) is 6.64. The zero-order valence-electron chi connectivity index (χ0n) is 20.6. The number of benzene rings is 2. The van der Waals surface area contributed by atoms with Gasteiger partial charge in [-0.3, -0.25) is 4.98 Å². The van der Waals surface area contributed by atoms with E-state index in [1.165, 1.54) is 12.1 Å². The predicted octanol–water partition coefficient (Wildman–Crippen LogP) is 6.48. The van der Waals surface area contributed by atoms with E-state index in [2.05, 4.69) is 23.5 Å². The first kappa shape index (κ1) is 24.8. The van der Waals surface area contributed by atoms with E-state index in [-0.39, 0.29) is 18.0 Å². The van der Waals surface area contributed by atoms with Gasteiger partial charge in [0, 0.05) is 47.6 Å². The van der Waals surface area contributed by atoms with Crippen LogP contribution < -0.4 is 14.4 Å². The van der Waals surface area contributed by atoms with Crippen molar-refractivity contribution in [2.45, 2.75) is 32.4 Å². The molecule has 0 aliphatic carbocycles. The van der Waals surface area contributed by atoms with Crippen LogP contribution in [0, 0.1) is 0 Å². The second-order valence-corrected chi connectivity index (χ2v) is 9.05. The lowest BCUT2D eigenvalue weighted by Crippen LogP contribution is -2.45. The Balaban J connectivity index is 1.48. The number of morpholine rings is 1. The molecule has 1 aliphatic heterocycles. The van der Waals surface area contributed by atoms with E-state index >= 15 is 0 Å². The minimum atomic E-state index is -4.74. The van der Waals surface area contributed by atoms with Crippen molar-refractivity contribution in [1.82, 2.24) is 9.97 Å². The van der Waals surface area contributed by atoms with Crippen molar-refractivity contribution >= 4 is 16.7 Å². The topological polar surface area (TPSA) is 56.7 Å². The van der Waals surface area contributed by atoms with E-state index in [9.17, 15) is 13.2 Å². The molecule has 2 aromatic carbocycles. The van der Waals surface area contributed by atoms with Crippen LogP contribution in [0.1, 0.15) is 13.8 Å². The molecule has 0 spiro atoms. The summed E-state index contributed by atoms with van der Waals surface area (Å²) in [5.74, 6) is 1.26. The summed E-state index contributed by atoms with van der Waals surface area (Å²) in [6.07, 6.45) is -0.913. The van der Waals surface area contributed by atoms with E-state index in [1.807, 2.05) is 36.5 Å². The average molecular weight is 510 g/mol. The molecule has 9 heteroatoms. The third kappa shape index (κ3) is 5.32. The number of anilines is 1. The van der Waals surface area contributed by atoms with E-state index in [0.29, 0.717) is 16.8 Å². The number of hydrogen-bond donors (Lipinski definition) is 0. The number of halogens is 3. The fourth-order valence-corrected chi connectivity index (χ4v) is 4.79. The molecule has 1 fully saturated rings. The largest absolute Gasteiger partial charge is 0.573 e. The van der Waals surface area contributed by atoms with Crippen molar-refractivity contribution in [2.75, 3.05) is 25.1 Å². The molecule has 0 N–H and O–H groups in total. The Bertz CT molecular complexity index is 1380. The first-order chi connectivity index (χ1) is 17.7. The quantitative estimate of drug-likeness (QED) is 0.307. The molecule has 1 aliphatic rings. The molecule has 37 heavy (non-hydrogen) atoms. The highest BCUT2D eigenvalue weighted by molar-refractivity contribution is 6.00. The van der Waals surface area contributed by atoms with Gasteiger partial charge >= 0.3 is 6.36 Å². The Labute approximate surface area is 212 Å². The van der Waals surface area contributed by atoms with Crippen LogP contribution in [0.25, 0.3) is 33.2 Å². The standard InChI is InChI=1S/C28H26F3N3O3/c1-17-15-34(16-18(2)36-17)25-12-9-20(13-32-25)24-14-33-26-22(5-4-6-23(26)27(24)35-3)19-7-10-21(11-8-19)37-28(29,30)31/h4-14,17-18H,15-16H2,1-3H3/t17-,18?/m0/s1. The molecule has 0 saturated carbocycles. The van der Waals surface area contributed by atoms with Crippen molar-refractivity contribution in [2.24, 2.45) is 0 Å². The maximum Gasteiger partial charge on any atom is 0.573 e. The molecule has 3 heterocycles. The van der Waals surface area contributed by atoms with Crippen LogP contribution in [0.5, 0.6) is 11.5 Å². The monoisotopic (exact) mass is 509 g/mol. The molecule has 4 aromatic rings. The third-order valence-corrected chi connectivity index (χ3v) is 6.25. The van der Waals surface area contributed by atoms with Gasteiger partial charge in [0.1, 0.15) is 17.3 Å². The second kappa shape index (κ2) is 9.89. The molecule has 2 aromatic heterocycles.